The normalized spacial score (nSPS) is 50.2. The molecule has 1 aliphatic heterocycles. The molecule has 0 aromatic carbocycles. The van der Waals surface area contributed by atoms with Crippen LogP contribution in [0.2, 0.25) is 0 Å². The molecule has 2 aliphatic carbocycles. The molecule has 0 bridgehead atoms. The maximum Gasteiger partial charge on any atom is 0.187 e. The van der Waals surface area contributed by atoms with Crippen LogP contribution in [0.4, 0.5) is 0 Å². The highest BCUT2D eigenvalue weighted by Crippen LogP contribution is 2.53. The second kappa shape index (κ2) is 8.10. The van der Waals surface area contributed by atoms with Gasteiger partial charge in [0.15, 0.2) is 6.29 Å². The highest BCUT2D eigenvalue weighted by atomic mass is 16.7. The highest BCUT2D eigenvalue weighted by Gasteiger charge is 2.53. The van der Waals surface area contributed by atoms with E-state index in [4.69, 9.17) is 9.47 Å². The average molecular weight is 403 g/mol. The van der Waals surface area contributed by atoms with E-state index in [0.29, 0.717) is 18.3 Å². The van der Waals surface area contributed by atoms with Gasteiger partial charge in [0.2, 0.25) is 0 Å². The Labute approximate surface area is 167 Å². The second-order valence-electron chi connectivity index (χ2n) is 10.1. The van der Waals surface area contributed by atoms with E-state index in [0.717, 1.165) is 25.7 Å². The fourth-order valence-corrected chi connectivity index (χ4v) is 5.90. The Kier molecular flexibility index (Phi) is 6.48. The molecule has 2 saturated carbocycles. The summed E-state index contributed by atoms with van der Waals surface area (Å²) in [7, 11) is 0. The van der Waals surface area contributed by atoms with Gasteiger partial charge in [-0.1, -0.05) is 13.3 Å². The maximum atomic E-state index is 10.9. The first-order valence-corrected chi connectivity index (χ1v) is 10.7. The van der Waals surface area contributed by atoms with Gasteiger partial charge in [-0.3, -0.25) is 0 Å². The minimum Gasteiger partial charge on any atom is -0.394 e. The van der Waals surface area contributed by atoms with Crippen molar-refractivity contribution in [2.45, 2.75) is 102 Å². The highest BCUT2D eigenvalue weighted by molar-refractivity contribution is 5.02. The molecule has 3 fully saturated rings. The van der Waals surface area contributed by atoms with Crippen LogP contribution in [0.25, 0.3) is 0 Å². The standard InChI is InChI=1S/C21H38O7/c1-11-5-6-14-12(9-11)13(7-8-21(14,4)26)20(2,3)28-19-18(25)17(24)16(23)15(10-22)27-19/h11-19,22-26H,5-10H2,1-4H3/t11-,12+,13+,14-,15+,16+,17-,18+,19-,21+/m0/s1. The van der Waals surface area contributed by atoms with Gasteiger partial charge in [0, 0.05) is 0 Å². The SMILES string of the molecule is C[C@H]1CC[C@H]2[C@H](C1)[C@H](C(C)(C)O[C@@H]1O[C@H](CO)[C@@H](O)[C@H](O)[C@H]1O)CC[C@@]2(C)O. The predicted molar refractivity (Wildman–Crippen MR) is 102 cm³/mol. The van der Waals surface area contributed by atoms with Crippen molar-refractivity contribution in [1.82, 2.24) is 0 Å². The molecule has 164 valence electrons. The molecular weight excluding hydrogens is 364 g/mol. The smallest absolute Gasteiger partial charge is 0.187 e. The summed E-state index contributed by atoms with van der Waals surface area (Å²) >= 11 is 0. The van der Waals surface area contributed by atoms with Gasteiger partial charge in [-0.2, -0.15) is 0 Å². The van der Waals surface area contributed by atoms with E-state index in [-0.39, 0.29) is 11.8 Å². The average Bonchev–Trinajstić information content (AvgIpc) is 2.61. The molecule has 3 aliphatic rings. The Morgan fingerprint density at radius 2 is 1.75 bits per heavy atom. The summed E-state index contributed by atoms with van der Waals surface area (Å²) in [4.78, 5) is 0. The van der Waals surface area contributed by atoms with Crippen molar-refractivity contribution in [3.63, 3.8) is 0 Å². The molecule has 5 N–H and O–H groups in total. The molecule has 1 saturated heterocycles. The lowest BCUT2D eigenvalue weighted by Gasteiger charge is -2.55. The van der Waals surface area contributed by atoms with Crippen LogP contribution < -0.4 is 0 Å². The molecule has 0 aromatic heterocycles. The van der Waals surface area contributed by atoms with E-state index in [2.05, 4.69) is 6.92 Å². The van der Waals surface area contributed by atoms with Gasteiger partial charge in [0.1, 0.15) is 24.4 Å². The number of hydrogen-bond donors (Lipinski definition) is 5. The molecule has 1 heterocycles. The molecule has 0 aromatic rings. The Hall–Kier alpha value is -0.280. The Morgan fingerprint density at radius 3 is 2.39 bits per heavy atom. The van der Waals surface area contributed by atoms with Crippen LogP contribution in [-0.4, -0.2) is 74.0 Å². The van der Waals surface area contributed by atoms with E-state index in [1.165, 1.54) is 0 Å². The minimum absolute atomic E-state index is 0.174. The van der Waals surface area contributed by atoms with E-state index in [1.54, 1.807) is 0 Å². The van der Waals surface area contributed by atoms with Crippen molar-refractivity contribution in [1.29, 1.82) is 0 Å². The molecule has 0 unspecified atom stereocenters. The third-order valence-corrected chi connectivity index (χ3v) is 7.60. The largest absolute Gasteiger partial charge is 0.394 e. The van der Waals surface area contributed by atoms with Crippen LogP contribution in [0.3, 0.4) is 0 Å². The van der Waals surface area contributed by atoms with Gasteiger partial charge in [-0.05, 0) is 70.1 Å². The fourth-order valence-electron chi connectivity index (χ4n) is 5.90. The molecular formula is C21H38O7. The van der Waals surface area contributed by atoms with Gasteiger partial charge in [0.25, 0.3) is 0 Å². The topological polar surface area (TPSA) is 120 Å². The van der Waals surface area contributed by atoms with Crippen LogP contribution in [0.5, 0.6) is 0 Å². The molecule has 0 spiro atoms. The predicted octanol–water partition coefficient (Wildman–Crippen LogP) is 0.795. The number of ether oxygens (including phenoxy) is 2. The zero-order valence-electron chi connectivity index (χ0n) is 17.5. The zero-order chi connectivity index (χ0) is 20.9. The third-order valence-electron chi connectivity index (χ3n) is 7.60. The Bertz CT molecular complexity index is 535. The first kappa shape index (κ1) is 22.4. The number of aliphatic hydroxyl groups excluding tert-OH is 4. The first-order valence-electron chi connectivity index (χ1n) is 10.7. The molecule has 7 nitrogen and oxygen atoms in total. The van der Waals surface area contributed by atoms with E-state index >= 15 is 0 Å². The van der Waals surface area contributed by atoms with Crippen molar-refractivity contribution in [3.05, 3.63) is 0 Å². The lowest BCUT2D eigenvalue weighted by molar-refractivity contribution is -0.333. The monoisotopic (exact) mass is 402 g/mol. The van der Waals surface area contributed by atoms with Crippen LogP contribution in [0.1, 0.15) is 59.8 Å². The summed E-state index contributed by atoms with van der Waals surface area (Å²) in [5.41, 5.74) is -1.33. The summed E-state index contributed by atoms with van der Waals surface area (Å²) < 4.78 is 11.8. The van der Waals surface area contributed by atoms with Gasteiger partial charge >= 0.3 is 0 Å². The van der Waals surface area contributed by atoms with E-state index in [1.807, 2.05) is 20.8 Å². The van der Waals surface area contributed by atoms with Crippen molar-refractivity contribution in [2.75, 3.05) is 6.61 Å². The van der Waals surface area contributed by atoms with Crippen molar-refractivity contribution in [2.24, 2.45) is 23.7 Å². The summed E-state index contributed by atoms with van der Waals surface area (Å²) in [6, 6.07) is 0. The van der Waals surface area contributed by atoms with Crippen LogP contribution in [0, 0.1) is 23.7 Å². The third kappa shape index (κ3) is 4.13. The van der Waals surface area contributed by atoms with Crippen molar-refractivity contribution >= 4 is 0 Å². The summed E-state index contributed by atoms with van der Waals surface area (Å²) in [6.45, 7) is 7.66. The molecule has 28 heavy (non-hydrogen) atoms. The molecule has 0 radical (unpaired) electrons. The maximum absolute atomic E-state index is 10.9. The zero-order valence-corrected chi connectivity index (χ0v) is 17.5. The van der Waals surface area contributed by atoms with Crippen LogP contribution >= 0.6 is 0 Å². The lowest BCUT2D eigenvalue weighted by Crippen LogP contribution is -2.62. The van der Waals surface area contributed by atoms with Crippen LogP contribution in [0.15, 0.2) is 0 Å². The van der Waals surface area contributed by atoms with Crippen molar-refractivity contribution < 1.29 is 35.0 Å². The Balaban J connectivity index is 1.77. The van der Waals surface area contributed by atoms with E-state index in [9.17, 15) is 25.5 Å². The summed E-state index contributed by atoms with van der Waals surface area (Å²) in [5.74, 6) is 1.31. The fraction of sp³-hybridized carbons (Fsp3) is 1.00. The molecule has 7 heteroatoms. The first-order chi connectivity index (χ1) is 13.0. The van der Waals surface area contributed by atoms with Gasteiger partial charge in [0.05, 0.1) is 17.8 Å². The second-order valence-corrected chi connectivity index (χ2v) is 10.1. The van der Waals surface area contributed by atoms with E-state index < -0.39 is 48.5 Å². The Morgan fingerprint density at radius 1 is 1.07 bits per heavy atom. The minimum atomic E-state index is -1.44. The number of rotatable bonds is 4. The number of aliphatic hydroxyl groups is 5. The van der Waals surface area contributed by atoms with Gasteiger partial charge < -0.3 is 35.0 Å². The van der Waals surface area contributed by atoms with Crippen LogP contribution in [-0.2, 0) is 9.47 Å². The molecule has 0 amide bonds. The molecule has 3 rings (SSSR count). The van der Waals surface area contributed by atoms with Gasteiger partial charge in [-0.15, -0.1) is 0 Å². The number of hydrogen-bond acceptors (Lipinski definition) is 7. The number of fused-ring (bicyclic) bond motifs is 1. The quantitative estimate of drug-likeness (QED) is 0.472. The summed E-state index contributed by atoms with van der Waals surface area (Å²) in [6.07, 6.45) is -1.67. The van der Waals surface area contributed by atoms with Gasteiger partial charge in [-0.25, -0.2) is 0 Å². The van der Waals surface area contributed by atoms with Crippen molar-refractivity contribution in [3.8, 4) is 0 Å². The summed E-state index contributed by atoms with van der Waals surface area (Å²) in [5, 5.41) is 50.8. The molecule has 10 atom stereocenters. The lowest BCUT2D eigenvalue weighted by atomic mass is 9.55.